The maximum atomic E-state index is 12.3. The fraction of sp³-hybridized carbons (Fsp3) is 0.294. The SMILES string of the molecule is Cc1nc(SCC(=O)Nc2ccnn2C(C)C)c2ccccc2n1. The van der Waals surface area contributed by atoms with Crippen LogP contribution in [0.1, 0.15) is 25.7 Å². The van der Waals surface area contributed by atoms with Gasteiger partial charge < -0.3 is 5.32 Å². The fourth-order valence-corrected chi connectivity index (χ4v) is 3.27. The predicted octanol–water partition coefficient (Wildman–Crippen LogP) is 3.45. The van der Waals surface area contributed by atoms with Gasteiger partial charge in [-0.3, -0.25) is 4.79 Å². The van der Waals surface area contributed by atoms with Crippen LogP contribution in [0.3, 0.4) is 0 Å². The fourth-order valence-electron chi connectivity index (χ4n) is 2.41. The Balaban J connectivity index is 1.72. The van der Waals surface area contributed by atoms with Crippen LogP contribution in [0.5, 0.6) is 0 Å². The lowest BCUT2D eigenvalue weighted by Gasteiger charge is -2.12. The summed E-state index contributed by atoms with van der Waals surface area (Å²) in [6.45, 7) is 5.90. The van der Waals surface area contributed by atoms with Gasteiger partial charge >= 0.3 is 0 Å². The first kappa shape index (κ1) is 16.4. The van der Waals surface area contributed by atoms with Gasteiger partial charge in [-0.15, -0.1) is 0 Å². The molecule has 2 aromatic heterocycles. The van der Waals surface area contributed by atoms with Crippen molar-refractivity contribution in [2.45, 2.75) is 31.8 Å². The van der Waals surface area contributed by atoms with E-state index >= 15 is 0 Å². The van der Waals surface area contributed by atoms with Gasteiger partial charge in [0.05, 0.1) is 17.5 Å². The van der Waals surface area contributed by atoms with Crippen molar-refractivity contribution >= 4 is 34.4 Å². The van der Waals surface area contributed by atoms with Gasteiger partial charge in [0.15, 0.2) is 0 Å². The van der Waals surface area contributed by atoms with E-state index in [4.69, 9.17) is 0 Å². The summed E-state index contributed by atoms with van der Waals surface area (Å²) in [5, 5.41) is 8.91. The van der Waals surface area contributed by atoms with Gasteiger partial charge in [0.2, 0.25) is 5.91 Å². The van der Waals surface area contributed by atoms with Crippen LogP contribution in [-0.2, 0) is 4.79 Å². The lowest BCUT2D eigenvalue weighted by Crippen LogP contribution is -2.18. The Morgan fingerprint density at radius 3 is 2.83 bits per heavy atom. The third-order valence-electron chi connectivity index (χ3n) is 3.45. The van der Waals surface area contributed by atoms with E-state index in [0.29, 0.717) is 11.6 Å². The minimum absolute atomic E-state index is 0.0808. The second-order valence-corrected chi connectivity index (χ2v) is 6.65. The highest BCUT2D eigenvalue weighted by atomic mass is 32.2. The molecule has 0 aliphatic carbocycles. The quantitative estimate of drug-likeness (QED) is 0.568. The average Bonchev–Trinajstić information content (AvgIpc) is 3.00. The number of thioether (sulfide) groups is 1. The minimum Gasteiger partial charge on any atom is -0.310 e. The molecule has 1 amide bonds. The minimum atomic E-state index is -0.0808. The highest BCUT2D eigenvalue weighted by Gasteiger charge is 2.12. The first-order chi connectivity index (χ1) is 11.5. The Hall–Kier alpha value is -2.41. The average molecular weight is 341 g/mol. The molecule has 7 heteroatoms. The summed E-state index contributed by atoms with van der Waals surface area (Å²) in [7, 11) is 0. The van der Waals surface area contributed by atoms with Crippen molar-refractivity contribution in [3.8, 4) is 0 Å². The third kappa shape index (κ3) is 3.56. The number of aryl methyl sites for hydroxylation is 1. The van der Waals surface area contributed by atoms with E-state index in [1.807, 2.05) is 45.0 Å². The van der Waals surface area contributed by atoms with E-state index in [1.54, 1.807) is 16.9 Å². The van der Waals surface area contributed by atoms with Crippen molar-refractivity contribution in [3.05, 3.63) is 42.4 Å². The van der Waals surface area contributed by atoms with Crippen LogP contribution in [0.25, 0.3) is 10.9 Å². The molecule has 3 rings (SSSR count). The summed E-state index contributed by atoms with van der Waals surface area (Å²) in [6, 6.07) is 9.82. The lowest BCUT2D eigenvalue weighted by atomic mass is 10.2. The van der Waals surface area contributed by atoms with E-state index in [0.717, 1.165) is 15.9 Å². The molecule has 0 spiro atoms. The van der Waals surface area contributed by atoms with E-state index in [2.05, 4.69) is 20.4 Å². The summed E-state index contributed by atoms with van der Waals surface area (Å²) in [5.74, 6) is 1.61. The van der Waals surface area contributed by atoms with Crippen molar-refractivity contribution in [3.63, 3.8) is 0 Å². The molecule has 24 heavy (non-hydrogen) atoms. The van der Waals surface area contributed by atoms with E-state index in [-0.39, 0.29) is 17.7 Å². The van der Waals surface area contributed by atoms with Crippen LogP contribution in [0.2, 0.25) is 0 Å². The largest absolute Gasteiger partial charge is 0.310 e. The zero-order chi connectivity index (χ0) is 17.1. The molecule has 0 saturated heterocycles. The van der Waals surface area contributed by atoms with Crippen LogP contribution < -0.4 is 5.32 Å². The molecule has 0 aliphatic rings. The molecule has 0 bridgehead atoms. The standard InChI is InChI=1S/C17H19N5OS/c1-11(2)22-15(8-9-18-22)21-16(23)10-24-17-13-6-4-5-7-14(13)19-12(3)20-17/h4-9,11H,10H2,1-3H3,(H,21,23). The Labute approximate surface area is 144 Å². The van der Waals surface area contributed by atoms with Gasteiger partial charge in [-0.05, 0) is 26.8 Å². The number of hydrogen-bond acceptors (Lipinski definition) is 5. The van der Waals surface area contributed by atoms with Crippen molar-refractivity contribution in [2.24, 2.45) is 0 Å². The van der Waals surface area contributed by atoms with Gasteiger partial charge in [0.1, 0.15) is 16.7 Å². The molecule has 0 atom stereocenters. The number of rotatable bonds is 5. The summed E-state index contributed by atoms with van der Waals surface area (Å²) in [4.78, 5) is 21.2. The Morgan fingerprint density at radius 2 is 2.04 bits per heavy atom. The monoisotopic (exact) mass is 341 g/mol. The molecule has 0 fully saturated rings. The molecule has 6 nitrogen and oxygen atoms in total. The van der Waals surface area contributed by atoms with Gasteiger partial charge in [-0.2, -0.15) is 5.10 Å². The number of amides is 1. The second-order valence-electron chi connectivity index (χ2n) is 5.68. The van der Waals surface area contributed by atoms with E-state index in [1.165, 1.54) is 11.8 Å². The van der Waals surface area contributed by atoms with Gasteiger partial charge in [0, 0.05) is 17.5 Å². The van der Waals surface area contributed by atoms with Crippen LogP contribution >= 0.6 is 11.8 Å². The first-order valence-electron chi connectivity index (χ1n) is 7.74. The van der Waals surface area contributed by atoms with E-state index < -0.39 is 0 Å². The summed E-state index contributed by atoms with van der Waals surface area (Å²) < 4.78 is 1.78. The number of nitrogens with zero attached hydrogens (tertiary/aromatic N) is 4. The second kappa shape index (κ2) is 7.00. The van der Waals surface area contributed by atoms with Crippen LogP contribution in [0.4, 0.5) is 5.82 Å². The van der Waals surface area contributed by atoms with Crippen LogP contribution in [0, 0.1) is 6.92 Å². The van der Waals surface area contributed by atoms with Gasteiger partial charge in [-0.25, -0.2) is 14.6 Å². The highest BCUT2D eigenvalue weighted by Crippen LogP contribution is 2.25. The Morgan fingerprint density at radius 1 is 1.25 bits per heavy atom. The Kier molecular flexibility index (Phi) is 4.80. The van der Waals surface area contributed by atoms with Crippen LogP contribution in [0.15, 0.2) is 41.6 Å². The predicted molar refractivity (Wildman–Crippen MR) is 96.2 cm³/mol. The molecule has 0 unspecified atom stereocenters. The first-order valence-corrected chi connectivity index (χ1v) is 8.72. The van der Waals surface area contributed by atoms with Gasteiger partial charge in [-0.1, -0.05) is 30.0 Å². The number of hydrogen-bond donors (Lipinski definition) is 1. The molecule has 1 N–H and O–H groups in total. The number of aromatic nitrogens is 4. The summed E-state index contributed by atoms with van der Waals surface area (Å²) in [5.41, 5.74) is 0.894. The molecular weight excluding hydrogens is 322 g/mol. The zero-order valence-electron chi connectivity index (χ0n) is 13.9. The molecule has 0 saturated carbocycles. The molecule has 3 aromatic rings. The number of carbonyl (C=O) groups is 1. The van der Waals surface area contributed by atoms with Crippen molar-refractivity contribution in [1.29, 1.82) is 0 Å². The van der Waals surface area contributed by atoms with Gasteiger partial charge in [0.25, 0.3) is 0 Å². The number of benzene rings is 1. The lowest BCUT2D eigenvalue weighted by molar-refractivity contribution is -0.113. The smallest absolute Gasteiger partial charge is 0.235 e. The van der Waals surface area contributed by atoms with E-state index in [9.17, 15) is 4.79 Å². The van der Waals surface area contributed by atoms with Crippen molar-refractivity contribution in [2.75, 3.05) is 11.1 Å². The van der Waals surface area contributed by atoms with Crippen LogP contribution in [-0.4, -0.2) is 31.4 Å². The summed E-state index contributed by atoms with van der Waals surface area (Å²) >= 11 is 1.42. The molecule has 0 radical (unpaired) electrons. The topological polar surface area (TPSA) is 72.7 Å². The maximum absolute atomic E-state index is 12.3. The zero-order valence-corrected chi connectivity index (χ0v) is 14.7. The normalized spacial score (nSPS) is 11.2. The highest BCUT2D eigenvalue weighted by molar-refractivity contribution is 8.00. The number of nitrogens with one attached hydrogen (secondary N) is 1. The van der Waals surface area contributed by atoms with Crippen molar-refractivity contribution < 1.29 is 4.79 Å². The third-order valence-corrected chi connectivity index (χ3v) is 4.44. The molecule has 124 valence electrons. The van der Waals surface area contributed by atoms with Crippen molar-refractivity contribution in [1.82, 2.24) is 19.7 Å². The number of carbonyl (C=O) groups excluding carboxylic acids is 1. The number of para-hydroxylation sites is 1. The molecule has 2 heterocycles. The molecule has 0 aliphatic heterocycles. The molecular formula is C17H19N5OS. The maximum Gasteiger partial charge on any atom is 0.235 e. The number of anilines is 1. The number of fused-ring (bicyclic) bond motifs is 1. The molecule has 1 aromatic carbocycles. The Bertz CT molecular complexity index is 874. The summed E-state index contributed by atoms with van der Waals surface area (Å²) in [6.07, 6.45) is 1.68.